The van der Waals surface area contributed by atoms with Crippen molar-refractivity contribution >= 4 is 5.69 Å². The van der Waals surface area contributed by atoms with Crippen LogP contribution in [0.3, 0.4) is 0 Å². The predicted molar refractivity (Wildman–Crippen MR) is 64.8 cm³/mol. The first-order chi connectivity index (χ1) is 7.88. The van der Waals surface area contributed by atoms with E-state index >= 15 is 0 Å². The van der Waals surface area contributed by atoms with Crippen LogP contribution in [0.15, 0.2) is 12.1 Å². The molecule has 0 spiro atoms. The minimum absolute atomic E-state index is 0.109. The third kappa shape index (κ3) is 2.72. The zero-order chi connectivity index (χ0) is 13.2. The molecule has 17 heavy (non-hydrogen) atoms. The molecule has 1 aromatic carbocycles. The molecule has 0 unspecified atom stereocenters. The molecular weight excluding hydrogens is 222 g/mol. The molecule has 0 saturated heterocycles. The minimum Gasteiger partial charge on any atom is -0.502 e. The summed E-state index contributed by atoms with van der Waals surface area (Å²) in [5, 5.41) is 20.6. The maximum Gasteiger partial charge on any atom is 0.311 e. The first-order valence-electron chi connectivity index (χ1n) is 5.35. The summed E-state index contributed by atoms with van der Waals surface area (Å²) in [6.45, 7) is 3.94. The van der Waals surface area contributed by atoms with Crippen LogP contribution in [-0.2, 0) is 0 Å². The molecule has 0 aliphatic heterocycles. The summed E-state index contributed by atoms with van der Waals surface area (Å²) in [5.41, 5.74) is 11.9. The van der Waals surface area contributed by atoms with Gasteiger partial charge in [-0.2, -0.15) is 0 Å². The third-order valence-electron chi connectivity index (χ3n) is 2.66. The Hall–Kier alpha value is -1.66. The number of nitro benzene ring substituents is 1. The lowest BCUT2D eigenvalue weighted by Gasteiger charge is -2.14. The van der Waals surface area contributed by atoms with Crippen LogP contribution in [0.4, 0.5) is 5.69 Å². The molecule has 94 valence electrons. The fourth-order valence-corrected chi connectivity index (χ4v) is 1.55. The van der Waals surface area contributed by atoms with E-state index in [1.807, 2.05) is 13.8 Å². The standard InChI is InChI=1S/C11H17N3O3/c1-6(2)7-3-8(9(13)5-12)11(15)10(4-7)14(16)17/h3-4,6,9,15H,5,12-13H2,1-2H3/t9-/m0/s1. The zero-order valence-corrected chi connectivity index (χ0v) is 9.88. The molecule has 0 amide bonds. The van der Waals surface area contributed by atoms with E-state index in [-0.39, 0.29) is 18.2 Å². The zero-order valence-electron chi connectivity index (χ0n) is 9.88. The lowest BCUT2D eigenvalue weighted by Crippen LogP contribution is -2.21. The maximum atomic E-state index is 10.8. The van der Waals surface area contributed by atoms with Crippen molar-refractivity contribution in [3.8, 4) is 5.75 Å². The van der Waals surface area contributed by atoms with Crippen molar-refractivity contribution in [2.24, 2.45) is 11.5 Å². The number of rotatable bonds is 4. The van der Waals surface area contributed by atoms with Crippen molar-refractivity contribution in [2.75, 3.05) is 6.54 Å². The van der Waals surface area contributed by atoms with Gasteiger partial charge in [-0.15, -0.1) is 0 Å². The summed E-state index contributed by atoms with van der Waals surface area (Å²) in [6.07, 6.45) is 0. The van der Waals surface area contributed by atoms with Gasteiger partial charge in [-0.05, 0) is 17.5 Å². The van der Waals surface area contributed by atoms with Crippen LogP contribution in [0.2, 0.25) is 0 Å². The highest BCUT2D eigenvalue weighted by molar-refractivity contribution is 5.55. The Balaban J connectivity index is 3.43. The maximum absolute atomic E-state index is 10.8. The number of phenols is 1. The second-order valence-corrected chi connectivity index (χ2v) is 4.23. The van der Waals surface area contributed by atoms with E-state index in [2.05, 4.69) is 0 Å². The molecular formula is C11H17N3O3. The Morgan fingerprint density at radius 1 is 1.47 bits per heavy atom. The quantitative estimate of drug-likeness (QED) is 0.542. The molecule has 6 nitrogen and oxygen atoms in total. The molecule has 1 aromatic rings. The molecule has 0 saturated carbocycles. The lowest BCUT2D eigenvalue weighted by atomic mass is 9.96. The summed E-state index contributed by atoms with van der Waals surface area (Å²) >= 11 is 0. The van der Waals surface area contributed by atoms with Gasteiger partial charge >= 0.3 is 5.69 Å². The van der Waals surface area contributed by atoms with E-state index in [0.29, 0.717) is 5.56 Å². The summed E-state index contributed by atoms with van der Waals surface area (Å²) in [4.78, 5) is 10.2. The minimum atomic E-state index is -0.617. The highest BCUT2D eigenvalue weighted by Gasteiger charge is 2.22. The Morgan fingerprint density at radius 3 is 2.47 bits per heavy atom. The first kappa shape index (κ1) is 13.4. The normalized spacial score (nSPS) is 12.8. The Bertz CT molecular complexity index is 432. The summed E-state index contributed by atoms with van der Waals surface area (Å²) < 4.78 is 0. The van der Waals surface area contributed by atoms with Crippen LogP contribution in [-0.4, -0.2) is 16.6 Å². The number of nitro groups is 1. The van der Waals surface area contributed by atoms with Crippen molar-refractivity contribution in [2.45, 2.75) is 25.8 Å². The molecule has 1 rings (SSSR count). The van der Waals surface area contributed by atoms with Crippen LogP contribution in [0.5, 0.6) is 5.75 Å². The highest BCUT2D eigenvalue weighted by Crippen LogP contribution is 2.36. The molecule has 0 fully saturated rings. The summed E-state index contributed by atoms with van der Waals surface area (Å²) in [7, 11) is 0. The van der Waals surface area contributed by atoms with E-state index in [4.69, 9.17) is 11.5 Å². The van der Waals surface area contributed by atoms with Gasteiger partial charge in [0.15, 0.2) is 5.75 Å². The van der Waals surface area contributed by atoms with Gasteiger partial charge in [0.1, 0.15) is 0 Å². The van der Waals surface area contributed by atoms with E-state index in [9.17, 15) is 15.2 Å². The molecule has 5 N–H and O–H groups in total. The van der Waals surface area contributed by atoms with Crippen LogP contribution in [0.1, 0.15) is 36.9 Å². The van der Waals surface area contributed by atoms with E-state index in [0.717, 1.165) is 5.56 Å². The monoisotopic (exact) mass is 239 g/mol. The number of benzene rings is 1. The lowest BCUT2D eigenvalue weighted by molar-refractivity contribution is -0.386. The van der Waals surface area contributed by atoms with Crippen LogP contribution >= 0.6 is 0 Å². The van der Waals surface area contributed by atoms with E-state index in [1.165, 1.54) is 6.07 Å². The first-order valence-corrected chi connectivity index (χ1v) is 5.35. The van der Waals surface area contributed by atoms with Crippen LogP contribution in [0.25, 0.3) is 0 Å². The molecule has 0 radical (unpaired) electrons. The number of hydrogen-bond donors (Lipinski definition) is 3. The SMILES string of the molecule is CC(C)c1cc([C@@H](N)CN)c(O)c([N+](=O)[O-])c1. The Kier molecular flexibility index (Phi) is 4.03. The number of nitrogens with zero attached hydrogens (tertiary/aromatic N) is 1. The Morgan fingerprint density at radius 2 is 2.06 bits per heavy atom. The third-order valence-corrected chi connectivity index (χ3v) is 2.66. The van der Waals surface area contributed by atoms with Gasteiger partial charge < -0.3 is 16.6 Å². The molecule has 1 atom stereocenters. The molecule has 0 aromatic heterocycles. The highest BCUT2D eigenvalue weighted by atomic mass is 16.6. The molecule has 0 aliphatic rings. The average molecular weight is 239 g/mol. The number of aromatic hydroxyl groups is 1. The predicted octanol–water partition coefficient (Wildman–Crippen LogP) is 1.38. The fraction of sp³-hybridized carbons (Fsp3) is 0.455. The van der Waals surface area contributed by atoms with Gasteiger partial charge in [0.05, 0.1) is 4.92 Å². The summed E-state index contributed by atoms with van der Waals surface area (Å²) in [5.74, 6) is -0.282. The van der Waals surface area contributed by atoms with Crippen molar-refractivity contribution in [1.82, 2.24) is 0 Å². The van der Waals surface area contributed by atoms with Crippen LogP contribution < -0.4 is 11.5 Å². The van der Waals surface area contributed by atoms with Crippen molar-refractivity contribution < 1.29 is 10.0 Å². The van der Waals surface area contributed by atoms with E-state index in [1.54, 1.807) is 6.07 Å². The number of hydrogen-bond acceptors (Lipinski definition) is 5. The number of nitrogens with two attached hydrogens (primary N) is 2. The number of phenolic OH excluding ortho intramolecular Hbond substituents is 1. The van der Waals surface area contributed by atoms with Gasteiger partial charge in [0, 0.05) is 24.2 Å². The molecule has 0 heterocycles. The van der Waals surface area contributed by atoms with Gasteiger partial charge in [-0.25, -0.2) is 0 Å². The average Bonchev–Trinajstić information content (AvgIpc) is 2.27. The van der Waals surface area contributed by atoms with Gasteiger partial charge in [-0.1, -0.05) is 13.8 Å². The van der Waals surface area contributed by atoms with Crippen molar-refractivity contribution in [3.63, 3.8) is 0 Å². The van der Waals surface area contributed by atoms with Gasteiger partial charge in [-0.3, -0.25) is 10.1 Å². The topological polar surface area (TPSA) is 115 Å². The largest absolute Gasteiger partial charge is 0.502 e. The Labute approximate surface area is 99.4 Å². The molecule has 6 heteroatoms. The van der Waals surface area contributed by atoms with Crippen molar-refractivity contribution in [1.29, 1.82) is 0 Å². The second kappa shape index (κ2) is 5.11. The smallest absolute Gasteiger partial charge is 0.311 e. The van der Waals surface area contributed by atoms with E-state index < -0.39 is 16.7 Å². The van der Waals surface area contributed by atoms with Crippen LogP contribution in [0, 0.1) is 10.1 Å². The fourth-order valence-electron chi connectivity index (χ4n) is 1.55. The molecule has 0 bridgehead atoms. The molecule has 0 aliphatic carbocycles. The van der Waals surface area contributed by atoms with Crippen molar-refractivity contribution in [3.05, 3.63) is 33.4 Å². The summed E-state index contributed by atoms with van der Waals surface area (Å²) in [6, 6.07) is 2.43. The van der Waals surface area contributed by atoms with Gasteiger partial charge in [0.2, 0.25) is 0 Å². The second-order valence-electron chi connectivity index (χ2n) is 4.23. The van der Waals surface area contributed by atoms with Gasteiger partial charge in [0.25, 0.3) is 0 Å².